The standard InChI is InChI=1S/C15H22O4S/c1-9-4-6-11(7-5-9)20-15-14(17)13(16)10(2)12(19-15)8-18-3/h4-7,10,12-17H,8H2,1-3H3. The SMILES string of the molecule is COCC1OC(Sc2ccc(C)cc2)C(O)C(O)C1C. The Morgan fingerprint density at radius 2 is 1.85 bits per heavy atom. The minimum absolute atomic E-state index is 0.153. The summed E-state index contributed by atoms with van der Waals surface area (Å²) >= 11 is 1.43. The molecule has 1 aliphatic heterocycles. The number of aliphatic hydroxyl groups excluding tert-OH is 2. The van der Waals surface area contributed by atoms with Crippen molar-refractivity contribution in [2.45, 2.75) is 42.5 Å². The van der Waals surface area contributed by atoms with Crippen molar-refractivity contribution in [2.24, 2.45) is 5.92 Å². The quantitative estimate of drug-likeness (QED) is 0.888. The van der Waals surface area contributed by atoms with Gasteiger partial charge in [-0.15, -0.1) is 0 Å². The molecule has 0 spiro atoms. The molecule has 1 saturated heterocycles. The second-order valence-electron chi connectivity index (χ2n) is 5.27. The van der Waals surface area contributed by atoms with Crippen molar-refractivity contribution >= 4 is 11.8 Å². The first kappa shape index (κ1) is 15.8. The van der Waals surface area contributed by atoms with Gasteiger partial charge < -0.3 is 19.7 Å². The van der Waals surface area contributed by atoms with Gasteiger partial charge in [-0.25, -0.2) is 0 Å². The average molecular weight is 298 g/mol. The van der Waals surface area contributed by atoms with Crippen LogP contribution in [0.5, 0.6) is 0 Å². The molecule has 1 heterocycles. The Morgan fingerprint density at radius 3 is 2.45 bits per heavy atom. The Morgan fingerprint density at radius 1 is 1.20 bits per heavy atom. The second-order valence-corrected chi connectivity index (χ2v) is 6.44. The number of methoxy groups -OCH3 is 1. The fraction of sp³-hybridized carbons (Fsp3) is 0.600. The van der Waals surface area contributed by atoms with Crippen LogP contribution in [0.25, 0.3) is 0 Å². The predicted molar refractivity (Wildman–Crippen MR) is 78.8 cm³/mol. The lowest BCUT2D eigenvalue weighted by Gasteiger charge is -2.41. The molecule has 0 radical (unpaired) electrons. The van der Waals surface area contributed by atoms with Crippen molar-refractivity contribution in [1.82, 2.24) is 0 Å². The van der Waals surface area contributed by atoms with Crippen LogP contribution in [0.15, 0.2) is 29.2 Å². The maximum Gasteiger partial charge on any atom is 0.136 e. The molecule has 5 heteroatoms. The van der Waals surface area contributed by atoms with E-state index in [1.165, 1.54) is 17.3 Å². The van der Waals surface area contributed by atoms with Crippen molar-refractivity contribution in [2.75, 3.05) is 13.7 Å². The highest BCUT2D eigenvalue weighted by Crippen LogP contribution is 2.35. The zero-order chi connectivity index (χ0) is 14.7. The van der Waals surface area contributed by atoms with E-state index in [4.69, 9.17) is 9.47 Å². The number of hydrogen-bond acceptors (Lipinski definition) is 5. The first-order valence-electron chi connectivity index (χ1n) is 6.76. The largest absolute Gasteiger partial charge is 0.390 e. The molecule has 4 nitrogen and oxygen atoms in total. The normalized spacial score (nSPS) is 34.1. The molecule has 0 saturated carbocycles. The van der Waals surface area contributed by atoms with Crippen LogP contribution in [0, 0.1) is 12.8 Å². The number of ether oxygens (including phenoxy) is 2. The topological polar surface area (TPSA) is 58.9 Å². The lowest BCUT2D eigenvalue weighted by Crippen LogP contribution is -2.53. The van der Waals surface area contributed by atoms with Crippen molar-refractivity contribution in [3.05, 3.63) is 29.8 Å². The molecule has 112 valence electrons. The summed E-state index contributed by atoms with van der Waals surface area (Å²) in [6.07, 6.45) is -1.90. The molecule has 5 atom stereocenters. The molecule has 2 N–H and O–H groups in total. The highest BCUT2D eigenvalue weighted by Gasteiger charge is 2.42. The van der Waals surface area contributed by atoms with Gasteiger partial charge in [0.1, 0.15) is 11.5 Å². The molecule has 1 fully saturated rings. The van der Waals surface area contributed by atoms with Crippen LogP contribution < -0.4 is 0 Å². The van der Waals surface area contributed by atoms with Gasteiger partial charge >= 0.3 is 0 Å². The van der Waals surface area contributed by atoms with Gasteiger partial charge in [0.05, 0.1) is 18.8 Å². The maximum atomic E-state index is 10.2. The van der Waals surface area contributed by atoms with E-state index in [2.05, 4.69) is 0 Å². The molecule has 5 unspecified atom stereocenters. The number of aliphatic hydroxyl groups is 2. The van der Waals surface area contributed by atoms with Gasteiger partial charge in [0.15, 0.2) is 0 Å². The maximum absolute atomic E-state index is 10.2. The lowest BCUT2D eigenvalue weighted by atomic mass is 9.92. The third-order valence-electron chi connectivity index (χ3n) is 3.67. The van der Waals surface area contributed by atoms with Crippen LogP contribution in [-0.4, -0.2) is 47.7 Å². The molecule has 0 amide bonds. The van der Waals surface area contributed by atoms with Crippen LogP contribution in [0.3, 0.4) is 0 Å². The van der Waals surface area contributed by atoms with Gasteiger partial charge in [0, 0.05) is 17.9 Å². The fourth-order valence-electron chi connectivity index (χ4n) is 2.27. The Balaban J connectivity index is 2.07. The van der Waals surface area contributed by atoms with E-state index < -0.39 is 17.6 Å². The molecule has 2 rings (SSSR count). The van der Waals surface area contributed by atoms with E-state index in [-0.39, 0.29) is 12.0 Å². The van der Waals surface area contributed by atoms with Crippen molar-refractivity contribution < 1.29 is 19.7 Å². The van der Waals surface area contributed by atoms with E-state index in [9.17, 15) is 10.2 Å². The smallest absolute Gasteiger partial charge is 0.136 e. The van der Waals surface area contributed by atoms with Crippen molar-refractivity contribution in [1.29, 1.82) is 0 Å². The molecule has 0 aromatic heterocycles. The van der Waals surface area contributed by atoms with Gasteiger partial charge in [-0.05, 0) is 19.1 Å². The summed E-state index contributed by atoms with van der Waals surface area (Å²) in [5.41, 5.74) is 0.703. The van der Waals surface area contributed by atoms with E-state index in [1.807, 2.05) is 38.1 Å². The van der Waals surface area contributed by atoms with Gasteiger partial charge in [0.25, 0.3) is 0 Å². The summed E-state index contributed by atoms with van der Waals surface area (Å²) in [5, 5.41) is 20.3. The zero-order valence-electron chi connectivity index (χ0n) is 12.0. The van der Waals surface area contributed by atoms with Gasteiger partial charge in [-0.1, -0.05) is 36.4 Å². The van der Waals surface area contributed by atoms with Crippen LogP contribution >= 0.6 is 11.8 Å². The summed E-state index contributed by atoms with van der Waals surface area (Å²) in [5.74, 6) is -0.153. The zero-order valence-corrected chi connectivity index (χ0v) is 12.8. The lowest BCUT2D eigenvalue weighted by molar-refractivity contribution is -0.178. The Kier molecular flexibility index (Phi) is 5.46. The van der Waals surface area contributed by atoms with Crippen molar-refractivity contribution in [3.63, 3.8) is 0 Å². The molecular weight excluding hydrogens is 276 g/mol. The number of aryl methyl sites for hydroxylation is 1. The highest BCUT2D eigenvalue weighted by molar-refractivity contribution is 7.99. The third-order valence-corrected chi connectivity index (χ3v) is 4.83. The molecule has 1 aromatic carbocycles. The van der Waals surface area contributed by atoms with Crippen LogP contribution in [0.1, 0.15) is 12.5 Å². The summed E-state index contributed by atoms with van der Waals surface area (Å²) < 4.78 is 11.0. The van der Waals surface area contributed by atoms with E-state index >= 15 is 0 Å². The average Bonchev–Trinajstić information content (AvgIpc) is 2.44. The summed E-state index contributed by atoms with van der Waals surface area (Å²) in [6, 6.07) is 8.02. The Bertz CT molecular complexity index is 422. The summed E-state index contributed by atoms with van der Waals surface area (Å²) in [6.45, 7) is 4.31. The minimum atomic E-state index is -0.899. The number of hydrogen-bond donors (Lipinski definition) is 2. The summed E-state index contributed by atoms with van der Waals surface area (Å²) in [7, 11) is 1.61. The fourth-order valence-corrected chi connectivity index (χ4v) is 3.33. The Labute approximate surface area is 124 Å². The van der Waals surface area contributed by atoms with Crippen LogP contribution in [-0.2, 0) is 9.47 Å². The molecular formula is C15H22O4S. The molecule has 1 aliphatic rings. The molecule has 0 aliphatic carbocycles. The first-order valence-corrected chi connectivity index (χ1v) is 7.64. The highest BCUT2D eigenvalue weighted by atomic mass is 32.2. The summed E-state index contributed by atoms with van der Waals surface area (Å²) in [4.78, 5) is 1.01. The first-order chi connectivity index (χ1) is 9.52. The number of thioether (sulfide) groups is 1. The van der Waals surface area contributed by atoms with Gasteiger partial charge in [-0.2, -0.15) is 0 Å². The molecule has 1 aromatic rings. The number of benzene rings is 1. The monoisotopic (exact) mass is 298 g/mol. The van der Waals surface area contributed by atoms with Crippen LogP contribution in [0.2, 0.25) is 0 Å². The van der Waals surface area contributed by atoms with E-state index in [0.717, 1.165) is 4.90 Å². The predicted octanol–water partition coefficient (Wildman–Crippen LogP) is 1.82. The van der Waals surface area contributed by atoms with E-state index in [0.29, 0.717) is 6.61 Å². The van der Waals surface area contributed by atoms with Gasteiger partial charge in [-0.3, -0.25) is 0 Å². The van der Waals surface area contributed by atoms with E-state index in [1.54, 1.807) is 7.11 Å². The van der Waals surface area contributed by atoms with Crippen molar-refractivity contribution in [3.8, 4) is 0 Å². The van der Waals surface area contributed by atoms with Gasteiger partial charge in [0.2, 0.25) is 0 Å². The molecule has 0 bridgehead atoms. The number of rotatable bonds is 4. The third kappa shape index (κ3) is 3.54. The molecule has 20 heavy (non-hydrogen) atoms. The minimum Gasteiger partial charge on any atom is -0.390 e. The second kappa shape index (κ2) is 6.91. The van der Waals surface area contributed by atoms with Crippen LogP contribution in [0.4, 0.5) is 0 Å². The Hall–Kier alpha value is -0.590.